The van der Waals surface area contributed by atoms with E-state index in [0.717, 1.165) is 6.42 Å². The molecule has 5 aromatic rings. The Labute approximate surface area is 199 Å². The lowest BCUT2D eigenvalue weighted by atomic mass is 10.0. The largest absolute Gasteiger partial charge is 0.449 e. The Hall–Kier alpha value is -3.79. The minimum absolute atomic E-state index is 0.0488. The summed E-state index contributed by atoms with van der Waals surface area (Å²) in [5.74, 6) is -0.520. The van der Waals surface area contributed by atoms with E-state index in [1.54, 1.807) is 39.6 Å². The first-order valence-corrected chi connectivity index (χ1v) is 11.7. The van der Waals surface area contributed by atoms with E-state index in [2.05, 4.69) is 22.0 Å². The molecule has 1 aliphatic heterocycles. The second-order valence-electron chi connectivity index (χ2n) is 9.13. The molecular formula is C25H25FN6O3. The Morgan fingerprint density at radius 1 is 1.17 bits per heavy atom. The molecule has 0 saturated carbocycles. The van der Waals surface area contributed by atoms with Crippen LogP contribution in [0.4, 0.5) is 4.39 Å². The van der Waals surface area contributed by atoms with Gasteiger partial charge in [-0.05, 0) is 31.4 Å². The Bertz CT molecular complexity index is 1630. The van der Waals surface area contributed by atoms with Crippen LogP contribution >= 0.6 is 0 Å². The molecule has 1 aliphatic rings. The number of furan rings is 1. The topological polar surface area (TPSA) is 92.9 Å². The minimum atomic E-state index is -0.520. The molecule has 2 atom stereocenters. The van der Waals surface area contributed by atoms with Crippen molar-refractivity contribution in [1.29, 1.82) is 0 Å². The van der Waals surface area contributed by atoms with Crippen LogP contribution in [-0.4, -0.2) is 41.6 Å². The number of aryl methyl sites for hydroxylation is 2. The first-order chi connectivity index (χ1) is 16.9. The standard InChI is InChI=1S/C25H25FN6O3/c1-4-17-9-16(5-6-34-17)32-22-18-7-14(20-12-30(2)13-27-20)8-19(26)23(18)35-24(22)21(29-25(32)33)15-10-28-31(3)11-15/h7-8,10-13,16-17H,4-6,9H2,1-3H3/t16?,17-/m0/s1. The van der Waals surface area contributed by atoms with E-state index in [4.69, 9.17) is 9.15 Å². The number of nitrogens with zero attached hydrogens (tertiary/aromatic N) is 6. The van der Waals surface area contributed by atoms with Gasteiger partial charge in [-0.25, -0.2) is 14.2 Å². The van der Waals surface area contributed by atoms with Crippen LogP contribution in [0.15, 0.2) is 46.3 Å². The summed E-state index contributed by atoms with van der Waals surface area (Å²) in [5, 5.41) is 4.73. The van der Waals surface area contributed by atoms with Gasteiger partial charge in [-0.1, -0.05) is 6.92 Å². The fourth-order valence-electron chi connectivity index (χ4n) is 5.01. The molecule has 10 heteroatoms. The summed E-state index contributed by atoms with van der Waals surface area (Å²) in [5.41, 5.74) is 2.81. The third-order valence-corrected chi connectivity index (χ3v) is 6.73. The Kier molecular flexibility index (Phi) is 5.06. The molecule has 0 spiro atoms. The molecule has 0 bridgehead atoms. The SMILES string of the molecule is CC[C@H]1CC(n2c(=O)nc(-c3cnn(C)c3)c3oc4c(F)cc(-c5cn(C)cn5)cc4c32)CCO1. The van der Waals surface area contributed by atoms with E-state index >= 15 is 4.39 Å². The first-order valence-electron chi connectivity index (χ1n) is 11.7. The monoisotopic (exact) mass is 476 g/mol. The van der Waals surface area contributed by atoms with Gasteiger partial charge in [-0.2, -0.15) is 10.1 Å². The summed E-state index contributed by atoms with van der Waals surface area (Å²) in [6.45, 7) is 2.61. The van der Waals surface area contributed by atoms with Crippen LogP contribution in [0.5, 0.6) is 0 Å². The van der Waals surface area contributed by atoms with Crippen LogP contribution in [0.25, 0.3) is 44.6 Å². The van der Waals surface area contributed by atoms with Gasteiger partial charge in [-0.3, -0.25) is 9.25 Å². The van der Waals surface area contributed by atoms with E-state index < -0.39 is 11.5 Å². The van der Waals surface area contributed by atoms with E-state index in [0.29, 0.717) is 58.4 Å². The molecule has 1 saturated heterocycles. The van der Waals surface area contributed by atoms with Crippen molar-refractivity contribution in [2.75, 3.05) is 6.61 Å². The van der Waals surface area contributed by atoms with Crippen LogP contribution in [0.1, 0.15) is 32.2 Å². The molecule has 1 aromatic carbocycles. The molecule has 1 fully saturated rings. The van der Waals surface area contributed by atoms with Crippen molar-refractivity contribution in [2.24, 2.45) is 14.1 Å². The number of halogens is 1. The first kappa shape index (κ1) is 21.7. The lowest BCUT2D eigenvalue weighted by molar-refractivity contribution is -0.00709. The second kappa shape index (κ2) is 8.16. The number of aromatic nitrogens is 6. The molecule has 1 unspecified atom stereocenters. The molecule has 4 aromatic heterocycles. The van der Waals surface area contributed by atoms with Gasteiger partial charge in [0, 0.05) is 55.7 Å². The zero-order chi connectivity index (χ0) is 24.3. The van der Waals surface area contributed by atoms with Gasteiger partial charge in [0.15, 0.2) is 17.0 Å². The highest BCUT2D eigenvalue weighted by Crippen LogP contribution is 2.39. The van der Waals surface area contributed by atoms with Gasteiger partial charge in [0.05, 0.1) is 24.3 Å². The van der Waals surface area contributed by atoms with Gasteiger partial charge in [-0.15, -0.1) is 0 Å². The number of fused-ring (bicyclic) bond motifs is 3. The zero-order valence-corrected chi connectivity index (χ0v) is 19.7. The molecule has 180 valence electrons. The molecule has 35 heavy (non-hydrogen) atoms. The number of benzene rings is 1. The summed E-state index contributed by atoms with van der Waals surface area (Å²) >= 11 is 0. The van der Waals surface area contributed by atoms with E-state index in [1.165, 1.54) is 6.07 Å². The molecule has 0 radical (unpaired) electrons. The molecule has 9 nitrogen and oxygen atoms in total. The van der Waals surface area contributed by atoms with Crippen LogP contribution in [0.3, 0.4) is 0 Å². The van der Waals surface area contributed by atoms with Gasteiger partial charge >= 0.3 is 5.69 Å². The highest BCUT2D eigenvalue weighted by atomic mass is 19.1. The smallest absolute Gasteiger partial charge is 0.349 e. The predicted octanol–water partition coefficient (Wildman–Crippen LogP) is 4.21. The molecular weight excluding hydrogens is 451 g/mol. The minimum Gasteiger partial charge on any atom is -0.449 e. The fraction of sp³-hybridized carbons (Fsp3) is 0.360. The van der Waals surface area contributed by atoms with Crippen LogP contribution in [0.2, 0.25) is 0 Å². The van der Waals surface area contributed by atoms with Gasteiger partial charge in [0.2, 0.25) is 0 Å². The van der Waals surface area contributed by atoms with Crippen LogP contribution < -0.4 is 5.69 Å². The fourth-order valence-corrected chi connectivity index (χ4v) is 5.01. The lowest BCUT2D eigenvalue weighted by Gasteiger charge is -2.30. The maximum atomic E-state index is 15.4. The van der Waals surface area contributed by atoms with Gasteiger partial charge in [0.1, 0.15) is 11.2 Å². The van der Waals surface area contributed by atoms with E-state index in [9.17, 15) is 4.79 Å². The quantitative estimate of drug-likeness (QED) is 0.386. The second-order valence-corrected chi connectivity index (χ2v) is 9.13. The average molecular weight is 477 g/mol. The number of imidazole rings is 1. The van der Waals surface area contributed by atoms with Crippen molar-refractivity contribution >= 4 is 22.1 Å². The maximum Gasteiger partial charge on any atom is 0.349 e. The summed E-state index contributed by atoms with van der Waals surface area (Å²) in [6, 6.07) is 3.11. The van der Waals surface area contributed by atoms with Gasteiger partial charge in [0.25, 0.3) is 0 Å². The Morgan fingerprint density at radius 2 is 2.03 bits per heavy atom. The molecule has 6 rings (SSSR count). The summed E-state index contributed by atoms with van der Waals surface area (Å²) < 4.78 is 32.5. The lowest BCUT2D eigenvalue weighted by Crippen LogP contribution is -2.34. The van der Waals surface area contributed by atoms with Crippen LogP contribution in [-0.2, 0) is 18.8 Å². The Balaban J connectivity index is 1.68. The highest BCUT2D eigenvalue weighted by Gasteiger charge is 2.29. The van der Waals surface area contributed by atoms with Crippen molar-refractivity contribution in [2.45, 2.75) is 38.3 Å². The number of hydrogen-bond donors (Lipinski definition) is 0. The van der Waals surface area contributed by atoms with Crippen molar-refractivity contribution in [3.63, 3.8) is 0 Å². The van der Waals surface area contributed by atoms with Crippen molar-refractivity contribution < 1.29 is 13.5 Å². The molecule has 0 amide bonds. The number of rotatable bonds is 4. The van der Waals surface area contributed by atoms with Crippen molar-refractivity contribution in [3.8, 4) is 22.5 Å². The van der Waals surface area contributed by atoms with Crippen molar-refractivity contribution in [3.05, 3.63) is 53.4 Å². The average Bonchev–Trinajstić information content (AvgIpc) is 3.57. The van der Waals surface area contributed by atoms with E-state index in [1.807, 2.05) is 19.3 Å². The predicted molar refractivity (Wildman–Crippen MR) is 128 cm³/mol. The zero-order valence-electron chi connectivity index (χ0n) is 19.7. The molecule has 0 aliphatic carbocycles. The normalized spacial score (nSPS) is 18.6. The maximum absolute atomic E-state index is 15.4. The summed E-state index contributed by atoms with van der Waals surface area (Å²) in [7, 11) is 3.64. The molecule has 5 heterocycles. The third kappa shape index (κ3) is 3.56. The van der Waals surface area contributed by atoms with E-state index in [-0.39, 0.29) is 17.7 Å². The third-order valence-electron chi connectivity index (χ3n) is 6.73. The molecule has 0 N–H and O–H groups in total. The van der Waals surface area contributed by atoms with Gasteiger partial charge < -0.3 is 13.7 Å². The summed E-state index contributed by atoms with van der Waals surface area (Å²) in [4.78, 5) is 22.3. The Morgan fingerprint density at radius 3 is 2.74 bits per heavy atom. The number of hydrogen-bond acceptors (Lipinski definition) is 6. The van der Waals surface area contributed by atoms with Crippen molar-refractivity contribution in [1.82, 2.24) is 28.9 Å². The number of ether oxygens (including phenoxy) is 1. The summed E-state index contributed by atoms with van der Waals surface area (Å²) in [6.07, 6.45) is 9.10. The highest BCUT2D eigenvalue weighted by molar-refractivity contribution is 6.08. The van der Waals surface area contributed by atoms with Crippen LogP contribution in [0, 0.1) is 5.82 Å².